The van der Waals surface area contributed by atoms with E-state index in [2.05, 4.69) is 4.98 Å². The van der Waals surface area contributed by atoms with Gasteiger partial charge in [-0.15, -0.1) is 0 Å². The SMILES string of the molecule is O=C(O)c1cc(C(F)(F)F)ncc1O. The van der Waals surface area contributed by atoms with Crippen LogP contribution in [0, 0.1) is 0 Å². The Balaban J connectivity index is 3.27. The summed E-state index contributed by atoms with van der Waals surface area (Å²) in [6, 6.07) is 0.275. The molecule has 1 heterocycles. The lowest BCUT2D eigenvalue weighted by atomic mass is 10.2. The van der Waals surface area contributed by atoms with Gasteiger partial charge in [-0.2, -0.15) is 13.2 Å². The maximum atomic E-state index is 12.0. The van der Waals surface area contributed by atoms with Crippen LogP contribution in [0.25, 0.3) is 0 Å². The predicted molar refractivity (Wildman–Crippen MR) is 37.9 cm³/mol. The minimum Gasteiger partial charge on any atom is -0.505 e. The molecule has 0 aliphatic heterocycles. The first-order valence-corrected chi connectivity index (χ1v) is 3.32. The molecule has 4 nitrogen and oxygen atoms in total. The maximum Gasteiger partial charge on any atom is 0.433 e. The van der Waals surface area contributed by atoms with Crippen LogP contribution in [0.1, 0.15) is 16.1 Å². The van der Waals surface area contributed by atoms with Crippen LogP contribution in [-0.4, -0.2) is 21.2 Å². The number of aromatic hydroxyl groups is 1. The number of alkyl halides is 3. The van der Waals surface area contributed by atoms with Crippen LogP contribution in [-0.2, 0) is 6.18 Å². The highest BCUT2D eigenvalue weighted by atomic mass is 19.4. The van der Waals surface area contributed by atoms with E-state index in [9.17, 15) is 18.0 Å². The molecule has 0 bridgehead atoms. The van der Waals surface area contributed by atoms with Crippen molar-refractivity contribution in [2.45, 2.75) is 6.18 Å². The standard InChI is InChI=1S/C7H4F3NO3/c8-7(9,10)5-1-3(6(13)14)4(12)2-11-5/h1-2,12H,(H,13,14). The fourth-order valence-electron chi connectivity index (χ4n) is 0.774. The number of halogens is 3. The Hall–Kier alpha value is -1.79. The van der Waals surface area contributed by atoms with E-state index in [0.717, 1.165) is 0 Å². The Bertz CT molecular complexity index is 375. The van der Waals surface area contributed by atoms with Crippen LogP contribution in [0.5, 0.6) is 5.75 Å². The van der Waals surface area contributed by atoms with E-state index in [1.807, 2.05) is 0 Å². The van der Waals surface area contributed by atoms with E-state index in [4.69, 9.17) is 10.2 Å². The molecule has 1 aromatic rings. The number of hydrogen-bond donors (Lipinski definition) is 2. The second-order valence-corrected chi connectivity index (χ2v) is 2.39. The first-order valence-electron chi connectivity index (χ1n) is 3.32. The zero-order valence-corrected chi connectivity index (χ0v) is 6.54. The van der Waals surface area contributed by atoms with Gasteiger partial charge in [0.25, 0.3) is 0 Å². The lowest BCUT2D eigenvalue weighted by molar-refractivity contribution is -0.141. The molecule has 0 amide bonds. The highest BCUT2D eigenvalue weighted by Crippen LogP contribution is 2.29. The fraction of sp³-hybridized carbons (Fsp3) is 0.143. The van der Waals surface area contributed by atoms with E-state index in [-0.39, 0.29) is 6.07 Å². The third-order valence-corrected chi connectivity index (χ3v) is 1.40. The Morgan fingerprint density at radius 3 is 2.43 bits per heavy atom. The lowest BCUT2D eigenvalue weighted by Crippen LogP contribution is -2.10. The molecule has 0 aromatic carbocycles. The molecule has 2 N–H and O–H groups in total. The largest absolute Gasteiger partial charge is 0.505 e. The molecule has 0 saturated carbocycles. The van der Waals surface area contributed by atoms with Crippen molar-refractivity contribution in [3.8, 4) is 5.75 Å². The smallest absolute Gasteiger partial charge is 0.433 e. The molecular formula is C7H4F3NO3. The number of nitrogens with zero attached hydrogens (tertiary/aromatic N) is 1. The average molecular weight is 207 g/mol. The number of carboxylic acid groups (broad SMARTS) is 1. The third kappa shape index (κ3) is 1.93. The molecule has 0 saturated heterocycles. The van der Waals surface area contributed by atoms with Gasteiger partial charge in [-0.3, -0.25) is 0 Å². The highest BCUT2D eigenvalue weighted by Gasteiger charge is 2.33. The number of carbonyl (C=O) groups is 1. The van der Waals surface area contributed by atoms with Gasteiger partial charge in [-0.05, 0) is 6.07 Å². The molecule has 0 atom stereocenters. The molecule has 7 heteroatoms. The minimum atomic E-state index is -4.72. The van der Waals surface area contributed by atoms with Crippen molar-refractivity contribution in [3.63, 3.8) is 0 Å². The van der Waals surface area contributed by atoms with Crippen molar-refractivity contribution in [2.24, 2.45) is 0 Å². The van der Waals surface area contributed by atoms with Crippen LogP contribution in [0.15, 0.2) is 12.3 Å². The molecular weight excluding hydrogens is 203 g/mol. The van der Waals surface area contributed by atoms with Crippen LogP contribution in [0.4, 0.5) is 13.2 Å². The number of rotatable bonds is 1. The van der Waals surface area contributed by atoms with Crippen molar-refractivity contribution in [1.82, 2.24) is 4.98 Å². The number of hydrogen-bond acceptors (Lipinski definition) is 3. The zero-order valence-electron chi connectivity index (χ0n) is 6.54. The molecule has 0 unspecified atom stereocenters. The first kappa shape index (κ1) is 10.3. The average Bonchev–Trinajstić information content (AvgIpc) is 2.02. The molecule has 1 rings (SSSR count). The van der Waals surface area contributed by atoms with Crippen LogP contribution >= 0.6 is 0 Å². The summed E-state index contributed by atoms with van der Waals surface area (Å²) in [5.41, 5.74) is -2.18. The Kier molecular flexibility index (Phi) is 2.33. The Labute approximate surface area is 75.6 Å². The first-order chi connectivity index (χ1) is 6.32. The van der Waals surface area contributed by atoms with Crippen molar-refractivity contribution in [1.29, 1.82) is 0 Å². The number of aromatic carboxylic acids is 1. The van der Waals surface area contributed by atoms with Gasteiger partial charge in [0, 0.05) is 0 Å². The molecule has 76 valence electrons. The van der Waals surface area contributed by atoms with Gasteiger partial charge in [0.05, 0.1) is 6.20 Å². The number of pyridine rings is 1. The van der Waals surface area contributed by atoms with Crippen LogP contribution in [0.2, 0.25) is 0 Å². The fourth-order valence-corrected chi connectivity index (χ4v) is 0.774. The van der Waals surface area contributed by atoms with Crippen LogP contribution in [0.3, 0.4) is 0 Å². The maximum absolute atomic E-state index is 12.0. The van der Waals surface area contributed by atoms with Crippen LogP contribution < -0.4 is 0 Å². The summed E-state index contributed by atoms with van der Waals surface area (Å²) in [5.74, 6) is -2.44. The summed E-state index contributed by atoms with van der Waals surface area (Å²) in [5, 5.41) is 17.3. The third-order valence-electron chi connectivity index (χ3n) is 1.40. The molecule has 0 fully saturated rings. The Morgan fingerprint density at radius 2 is 2.00 bits per heavy atom. The topological polar surface area (TPSA) is 70.4 Å². The van der Waals surface area contributed by atoms with E-state index in [0.29, 0.717) is 6.20 Å². The van der Waals surface area contributed by atoms with Gasteiger partial charge in [-0.25, -0.2) is 9.78 Å². The van der Waals surface area contributed by atoms with Gasteiger partial charge in [-0.1, -0.05) is 0 Å². The Morgan fingerprint density at radius 1 is 1.43 bits per heavy atom. The molecule has 14 heavy (non-hydrogen) atoms. The molecule has 0 spiro atoms. The molecule has 0 aliphatic carbocycles. The summed E-state index contributed by atoms with van der Waals surface area (Å²) >= 11 is 0. The summed E-state index contributed by atoms with van der Waals surface area (Å²) < 4.78 is 36.1. The summed E-state index contributed by atoms with van der Waals surface area (Å²) in [6.45, 7) is 0. The lowest BCUT2D eigenvalue weighted by Gasteiger charge is -2.06. The normalized spacial score (nSPS) is 11.4. The second-order valence-electron chi connectivity index (χ2n) is 2.39. The van der Waals surface area contributed by atoms with Crippen molar-refractivity contribution >= 4 is 5.97 Å². The molecule has 1 aromatic heterocycles. The molecule has 0 aliphatic rings. The second kappa shape index (κ2) is 3.17. The minimum absolute atomic E-state index is 0.275. The van der Waals surface area contributed by atoms with E-state index in [1.165, 1.54) is 0 Å². The number of carboxylic acids is 1. The van der Waals surface area contributed by atoms with E-state index in [1.54, 1.807) is 0 Å². The summed E-state index contributed by atoms with van der Waals surface area (Å²) in [6.07, 6.45) is -4.27. The monoisotopic (exact) mass is 207 g/mol. The zero-order chi connectivity index (χ0) is 10.9. The number of aromatic nitrogens is 1. The van der Waals surface area contributed by atoms with E-state index >= 15 is 0 Å². The molecule has 0 radical (unpaired) electrons. The quantitative estimate of drug-likeness (QED) is 0.732. The predicted octanol–water partition coefficient (Wildman–Crippen LogP) is 1.50. The van der Waals surface area contributed by atoms with Crippen molar-refractivity contribution in [3.05, 3.63) is 23.5 Å². The summed E-state index contributed by atoms with van der Waals surface area (Å²) in [7, 11) is 0. The van der Waals surface area contributed by atoms with Gasteiger partial charge < -0.3 is 10.2 Å². The van der Waals surface area contributed by atoms with Gasteiger partial charge in [0.1, 0.15) is 17.0 Å². The van der Waals surface area contributed by atoms with Gasteiger partial charge in [0.2, 0.25) is 0 Å². The van der Waals surface area contributed by atoms with Gasteiger partial charge in [0.15, 0.2) is 0 Å². The van der Waals surface area contributed by atoms with Crippen molar-refractivity contribution in [2.75, 3.05) is 0 Å². The summed E-state index contributed by atoms with van der Waals surface area (Å²) in [4.78, 5) is 13.2. The van der Waals surface area contributed by atoms with Crippen molar-refractivity contribution < 1.29 is 28.2 Å². The highest BCUT2D eigenvalue weighted by molar-refractivity contribution is 5.90. The van der Waals surface area contributed by atoms with E-state index < -0.39 is 29.2 Å². The van der Waals surface area contributed by atoms with Gasteiger partial charge >= 0.3 is 12.1 Å².